The van der Waals surface area contributed by atoms with Gasteiger partial charge in [0.25, 0.3) is 5.91 Å². The van der Waals surface area contributed by atoms with Gasteiger partial charge in [-0.15, -0.1) is 5.10 Å². The number of hydrogen-bond donors (Lipinski definition) is 3. The molecule has 8 heteroatoms. The molecule has 0 saturated heterocycles. The van der Waals surface area contributed by atoms with Gasteiger partial charge in [0.1, 0.15) is 0 Å². The van der Waals surface area contributed by atoms with Crippen molar-refractivity contribution in [3.8, 4) is 0 Å². The van der Waals surface area contributed by atoms with Crippen molar-refractivity contribution in [3.05, 3.63) is 11.9 Å². The molecule has 0 saturated carbocycles. The first-order valence-corrected chi connectivity index (χ1v) is 6.84. The van der Waals surface area contributed by atoms with Gasteiger partial charge >= 0.3 is 5.97 Å². The maximum Gasteiger partial charge on any atom is 0.308 e. The van der Waals surface area contributed by atoms with E-state index in [2.05, 4.69) is 15.6 Å². The van der Waals surface area contributed by atoms with E-state index < -0.39 is 17.8 Å². The Morgan fingerprint density at radius 3 is 2.67 bits per heavy atom. The summed E-state index contributed by atoms with van der Waals surface area (Å²) in [4.78, 5) is 23.1. The van der Waals surface area contributed by atoms with E-state index in [1.807, 2.05) is 20.8 Å². The molecule has 0 fully saturated rings. The molecule has 1 aromatic heterocycles. The molecule has 8 nitrogen and oxygen atoms in total. The zero-order chi connectivity index (χ0) is 16.0. The number of carbonyl (C=O) groups excluding carboxylic acids is 1. The first-order chi connectivity index (χ1) is 9.73. The van der Waals surface area contributed by atoms with Gasteiger partial charge in [-0.25, -0.2) is 0 Å². The lowest BCUT2D eigenvalue weighted by atomic mass is 9.84. The molecule has 4 N–H and O–H groups in total. The van der Waals surface area contributed by atoms with E-state index in [1.165, 1.54) is 10.9 Å². The Bertz CT molecular complexity index is 492. The fourth-order valence-electron chi connectivity index (χ4n) is 1.94. The van der Waals surface area contributed by atoms with Gasteiger partial charge in [0.05, 0.1) is 18.7 Å². The van der Waals surface area contributed by atoms with Crippen molar-refractivity contribution in [2.45, 2.75) is 33.7 Å². The third kappa shape index (κ3) is 5.90. The van der Waals surface area contributed by atoms with E-state index in [4.69, 9.17) is 5.73 Å². The van der Waals surface area contributed by atoms with E-state index in [-0.39, 0.29) is 17.7 Å². The second-order valence-corrected chi connectivity index (χ2v) is 6.17. The summed E-state index contributed by atoms with van der Waals surface area (Å²) < 4.78 is 1.47. The van der Waals surface area contributed by atoms with Gasteiger partial charge in [-0.1, -0.05) is 26.0 Å². The third-order valence-corrected chi connectivity index (χ3v) is 2.85. The minimum absolute atomic E-state index is 0.0647. The average molecular weight is 297 g/mol. The van der Waals surface area contributed by atoms with Crippen LogP contribution in [0.5, 0.6) is 0 Å². The molecule has 1 aromatic rings. The van der Waals surface area contributed by atoms with Gasteiger partial charge in [0, 0.05) is 13.1 Å². The summed E-state index contributed by atoms with van der Waals surface area (Å²) in [6.07, 6.45) is 1.96. The van der Waals surface area contributed by atoms with E-state index in [9.17, 15) is 14.7 Å². The number of aromatic nitrogens is 3. The monoisotopic (exact) mass is 297 g/mol. The quantitative estimate of drug-likeness (QED) is 0.656. The van der Waals surface area contributed by atoms with Crippen LogP contribution < -0.4 is 11.1 Å². The summed E-state index contributed by atoms with van der Waals surface area (Å²) in [7, 11) is 0. The van der Waals surface area contributed by atoms with Crippen molar-refractivity contribution in [2.24, 2.45) is 17.1 Å². The predicted molar refractivity (Wildman–Crippen MR) is 76.6 cm³/mol. The van der Waals surface area contributed by atoms with Crippen LogP contribution in [-0.2, 0) is 11.3 Å². The lowest BCUT2D eigenvalue weighted by molar-refractivity contribution is -0.142. The molecular weight excluding hydrogens is 274 g/mol. The van der Waals surface area contributed by atoms with Crippen LogP contribution in [0.3, 0.4) is 0 Å². The highest BCUT2D eigenvalue weighted by atomic mass is 16.4. The highest BCUT2D eigenvalue weighted by Gasteiger charge is 2.25. The summed E-state index contributed by atoms with van der Waals surface area (Å²) in [6, 6.07) is 0. The maximum absolute atomic E-state index is 11.9. The normalized spacial score (nSPS) is 13.0. The molecule has 0 aliphatic rings. The maximum atomic E-state index is 11.9. The minimum atomic E-state index is -0.919. The Morgan fingerprint density at radius 1 is 1.48 bits per heavy atom. The van der Waals surface area contributed by atoms with Crippen molar-refractivity contribution in [2.75, 3.05) is 13.1 Å². The van der Waals surface area contributed by atoms with Crippen molar-refractivity contribution in [1.29, 1.82) is 0 Å². The van der Waals surface area contributed by atoms with Gasteiger partial charge in [-0.3, -0.25) is 14.3 Å². The average Bonchev–Trinajstić information content (AvgIpc) is 2.81. The highest BCUT2D eigenvalue weighted by Crippen LogP contribution is 2.24. The van der Waals surface area contributed by atoms with Crippen molar-refractivity contribution >= 4 is 11.9 Å². The minimum Gasteiger partial charge on any atom is -0.481 e. The first-order valence-electron chi connectivity index (χ1n) is 6.84. The number of nitrogens with two attached hydrogens (primary N) is 1. The molecule has 0 radical (unpaired) electrons. The van der Waals surface area contributed by atoms with Crippen LogP contribution in [0.4, 0.5) is 0 Å². The molecule has 1 rings (SSSR count). The van der Waals surface area contributed by atoms with Crippen molar-refractivity contribution in [1.82, 2.24) is 20.3 Å². The van der Waals surface area contributed by atoms with Gasteiger partial charge in [0.2, 0.25) is 0 Å². The van der Waals surface area contributed by atoms with Crippen LogP contribution in [0, 0.1) is 11.3 Å². The molecular formula is C13H23N5O3. The molecule has 1 heterocycles. The molecule has 0 aromatic carbocycles. The van der Waals surface area contributed by atoms with E-state index in [1.54, 1.807) is 0 Å². The smallest absolute Gasteiger partial charge is 0.308 e. The number of carbonyl (C=O) groups is 2. The molecule has 0 spiro atoms. The van der Waals surface area contributed by atoms with Crippen LogP contribution in [0.15, 0.2) is 6.20 Å². The summed E-state index contributed by atoms with van der Waals surface area (Å²) >= 11 is 0. The number of amides is 1. The van der Waals surface area contributed by atoms with Crippen LogP contribution >= 0.6 is 0 Å². The highest BCUT2D eigenvalue weighted by molar-refractivity contribution is 5.92. The zero-order valence-electron chi connectivity index (χ0n) is 12.7. The molecule has 21 heavy (non-hydrogen) atoms. The number of carboxylic acids is 1. The third-order valence-electron chi connectivity index (χ3n) is 2.85. The SMILES string of the molecule is CC(C)(C)CC(CNC(=O)c1cn(CCN)nn1)C(=O)O. The molecule has 0 bridgehead atoms. The van der Waals surface area contributed by atoms with Crippen LogP contribution in [0.1, 0.15) is 37.7 Å². The molecule has 118 valence electrons. The lowest BCUT2D eigenvalue weighted by Crippen LogP contribution is -2.35. The second-order valence-electron chi connectivity index (χ2n) is 6.17. The molecule has 1 unspecified atom stereocenters. The largest absolute Gasteiger partial charge is 0.481 e. The van der Waals surface area contributed by atoms with E-state index in [0.717, 1.165) is 0 Å². The Balaban J connectivity index is 2.58. The van der Waals surface area contributed by atoms with Crippen LogP contribution in [-0.4, -0.2) is 45.1 Å². The van der Waals surface area contributed by atoms with Gasteiger partial charge in [0.15, 0.2) is 5.69 Å². The number of hydrogen-bond acceptors (Lipinski definition) is 5. The molecule has 0 aliphatic heterocycles. The Morgan fingerprint density at radius 2 is 2.14 bits per heavy atom. The number of aliphatic carboxylic acids is 1. The van der Waals surface area contributed by atoms with Crippen LogP contribution in [0.2, 0.25) is 0 Å². The summed E-state index contributed by atoms with van der Waals surface area (Å²) in [6.45, 7) is 6.82. The molecule has 0 aliphatic carbocycles. The predicted octanol–water partition coefficient (Wildman–Crippen LogP) is 0.104. The van der Waals surface area contributed by atoms with E-state index in [0.29, 0.717) is 19.5 Å². The van der Waals surface area contributed by atoms with Crippen LogP contribution in [0.25, 0.3) is 0 Å². The Kier molecular flexibility index (Phi) is 5.83. The molecule has 1 atom stereocenters. The van der Waals surface area contributed by atoms with Gasteiger partial charge in [-0.05, 0) is 11.8 Å². The van der Waals surface area contributed by atoms with Gasteiger partial charge < -0.3 is 16.2 Å². The summed E-state index contributed by atoms with van der Waals surface area (Å²) in [5.74, 6) is -1.98. The zero-order valence-corrected chi connectivity index (χ0v) is 12.7. The topological polar surface area (TPSA) is 123 Å². The Labute approximate surface area is 123 Å². The standard InChI is InChI=1S/C13H23N5O3/c1-13(2,3)6-9(12(20)21)7-15-11(19)10-8-18(5-4-14)17-16-10/h8-9H,4-7,14H2,1-3H3,(H,15,19)(H,20,21). The number of rotatable bonds is 7. The van der Waals surface area contributed by atoms with Crippen molar-refractivity contribution < 1.29 is 14.7 Å². The van der Waals surface area contributed by atoms with E-state index >= 15 is 0 Å². The molecule has 1 amide bonds. The Hall–Kier alpha value is -1.96. The lowest BCUT2D eigenvalue weighted by Gasteiger charge is -2.23. The number of nitrogens with one attached hydrogen (secondary N) is 1. The van der Waals surface area contributed by atoms with Gasteiger partial charge in [-0.2, -0.15) is 0 Å². The number of nitrogens with zero attached hydrogens (tertiary/aromatic N) is 3. The van der Waals surface area contributed by atoms with Crippen molar-refractivity contribution in [3.63, 3.8) is 0 Å². The summed E-state index contributed by atoms with van der Waals surface area (Å²) in [5.41, 5.74) is 5.41. The fraction of sp³-hybridized carbons (Fsp3) is 0.692. The fourth-order valence-corrected chi connectivity index (χ4v) is 1.94. The second kappa shape index (κ2) is 7.16. The first kappa shape index (κ1) is 17.1. The summed E-state index contributed by atoms with van der Waals surface area (Å²) in [5, 5.41) is 19.3. The number of carboxylic acid groups (broad SMARTS) is 1.